The average Bonchev–Trinajstić information content (AvgIpc) is 2.84. The van der Waals surface area contributed by atoms with E-state index in [1.165, 1.54) is 29.7 Å². The molecule has 0 fully saturated rings. The molecule has 0 spiro atoms. The molecule has 1 aromatic rings. The van der Waals surface area contributed by atoms with E-state index in [-0.39, 0.29) is 5.97 Å². The first kappa shape index (κ1) is 19.2. The van der Waals surface area contributed by atoms with Gasteiger partial charge in [-0.1, -0.05) is 26.2 Å². The monoisotopic (exact) mass is 368 g/mol. The normalized spacial score (nSPS) is 14.2. The Morgan fingerprint density at radius 1 is 1.21 bits per heavy atom. The van der Waals surface area contributed by atoms with Gasteiger partial charge in [0, 0.05) is 11.4 Å². The Balaban J connectivity index is 2.22. The summed E-state index contributed by atoms with van der Waals surface area (Å²) < 4.78 is 5.31. The molecule has 0 aromatic carbocycles. The maximum atomic E-state index is 12.5. The van der Waals surface area contributed by atoms with Crippen molar-refractivity contribution in [1.82, 2.24) is 5.32 Å². The van der Waals surface area contributed by atoms with E-state index in [1.54, 1.807) is 11.3 Å². The van der Waals surface area contributed by atoms with Crippen molar-refractivity contribution in [1.29, 1.82) is 0 Å². The lowest BCUT2D eigenvalue weighted by atomic mass is 9.96. The molecular formula is C18H28N2O2S2. The van der Waals surface area contributed by atoms with E-state index in [1.807, 2.05) is 6.92 Å². The third-order valence-corrected chi connectivity index (χ3v) is 5.65. The molecule has 1 aliphatic rings. The number of carbonyl (C=O) groups excluding carboxylic acids is 1. The topological polar surface area (TPSA) is 50.4 Å². The number of rotatable bonds is 6. The highest BCUT2D eigenvalue weighted by molar-refractivity contribution is 7.80. The molecule has 1 heterocycles. The lowest BCUT2D eigenvalue weighted by Gasteiger charge is -2.12. The maximum absolute atomic E-state index is 12.5. The van der Waals surface area contributed by atoms with Gasteiger partial charge < -0.3 is 15.4 Å². The van der Waals surface area contributed by atoms with Gasteiger partial charge in [-0.2, -0.15) is 0 Å². The van der Waals surface area contributed by atoms with Crippen molar-refractivity contribution in [3.05, 3.63) is 16.0 Å². The number of carbonyl (C=O) groups is 1. The van der Waals surface area contributed by atoms with Gasteiger partial charge in [0.15, 0.2) is 5.11 Å². The second-order valence-electron chi connectivity index (χ2n) is 6.08. The highest BCUT2D eigenvalue weighted by Crippen LogP contribution is 2.37. The Hall–Kier alpha value is -1.14. The fourth-order valence-corrected chi connectivity index (χ4v) is 4.50. The van der Waals surface area contributed by atoms with E-state index in [9.17, 15) is 4.79 Å². The molecule has 2 rings (SSSR count). The Kier molecular flexibility index (Phi) is 7.99. The first-order chi connectivity index (χ1) is 11.7. The van der Waals surface area contributed by atoms with E-state index >= 15 is 0 Å². The molecule has 1 aliphatic carbocycles. The van der Waals surface area contributed by atoms with Crippen LogP contribution in [0.2, 0.25) is 0 Å². The predicted octanol–water partition coefficient (Wildman–Crippen LogP) is 4.67. The number of nitrogens with one attached hydrogen (secondary N) is 2. The number of thiophene rings is 1. The fraction of sp³-hybridized carbons (Fsp3) is 0.667. The zero-order chi connectivity index (χ0) is 17.4. The number of aryl methyl sites for hydroxylation is 1. The molecule has 0 aliphatic heterocycles. The van der Waals surface area contributed by atoms with Crippen molar-refractivity contribution in [3.63, 3.8) is 0 Å². The van der Waals surface area contributed by atoms with Gasteiger partial charge in [-0.15, -0.1) is 11.3 Å². The number of fused-ring (bicyclic) bond motifs is 1. The number of unbranched alkanes of at least 4 members (excludes halogenated alkanes) is 1. The summed E-state index contributed by atoms with van der Waals surface area (Å²) in [6, 6.07) is 0. The highest BCUT2D eigenvalue weighted by Gasteiger charge is 2.25. The quantitative estimate of drug-likeness (QED) is 0.434. The minimum Gasteiger partial charge on any atom is -0.462 e. The molecule has 0 amide bonds. The molecule has 2 N–H and O–H groups in total. The second kappa shape index (κ2) is 9.99. The number of thiocarbonyl (C=S) groups is 1. The summed E-state index contributed by atoms with van der Waals surface area (Å²) in [5, 5.41) is 7.88. The summed E-state index contributed by atoms with van der Waals surface area (Å²) in [5.41, 5.74) is 1.88. The van der Waals surface area contributed by atoms with Crippen LogP contribution in [0, 0.1) is 0 Å². The molecule has 0 saturated carbocycles. The molecule has 134 valence electrons. The molecular weight excluding hydrogens is 340 g/mol. The van der Waals surface area contributed by atoms with E-state index in [2.05, 4.69) is 17.6 Å². The molecule has 0 bridgehead atoms. The van der Waals surface area contributed by atoms with Gasteiger partial charge in [0.2, 0.25) is 0 Å². The van der Waals surface area contributed by atoms with Crippen LogP contribution in [0.25, 0.3) is 0 Å². The molecule has 0 unspecified atom stereocenters. The summed E-state index contributed by atoms with van der Waals surface area (Å²) in [5.74, 6) is -0.227. The third kappa shape index (κ3) is 5.18. The molecule has 0 saturated heterocycles. The number of esters is 1. The Labute approximate surface area is 154 Å². The third-order valence-electron chi connectivity index (χ3n) is 4.19. The van der Waals surface area contributed by atoms with Crippen LogP contribution in [0.1, 0.15) is 73.2 Å². The van der Waals surface area contributed by atoms with E-state index in [0.29, 0.717) is 17.3 Å². The van der Waals surface area contributed by atoms with Crippen LogP contribution in [0.15, 0.2) is 0 Å². The first-order valence-electron chi connectivity index (χ1n) is 9.03. The van der Waals surface area contributed by atoms with Crippen molar-refractivity contribution in [3.8, 4) is 0 Å². The highest BCUT2D eigenvalue weighted by atomic mass is 32.1. The molecule has 0 atom stereocenters. The van der Waals surface area contributed by atoms with Gasteiger partial charge in [0.05, 0.1) is 12.2 Å². The number of hydrogen-bond donors (Lipinski definition) is 2. The SMILES string of the molecule is CCCCNC(=S)Nc1sc2c(c1C(=O)OCC)CCCCCC2. The van der Waals surface area contributed by atoms with Crippen LogP contribution in [-0.2, 0) is 17.6 Å². The van der Waals surface area contributed by atoms with Crippen LogP contribution in [0.5, 0.6) is 0 Å². The van der Waals surface area contributed by atoms with Crippen LogP contribution < -0.4 is 10.6 Å². The van der Waals surface area contributed by atoms with Crippen molar-refractivity contribution >= 4 is 39.6 Å². The van der Waals surface area contributed by atoms with Crippen LogP contribution in [0.3, 0.4) is 0 Å². The van der Waals surface area contributed by atoms with E-state index in [0.717, 1.165) is 43.6 Å². The lowest BCUT2D eigenvalue weighted by Crippen LogP contribution is -2.29. The molecule has 24 heavy (non-hydrogen) atoms. The minimum atomic E-state index is -0.227. The predicted molar refractivity (Wildman–Crippen MR) is 105 cm³/mol. The van der Waals surface area contributed by atoms with Crippen molar-refractivity contribution in [2.45, 2.75) is 65.2 Å². The Morgan fingerprint density at radius 3 is 2.67 bits per heavy atom. The van der Waals surface area contributed by atoms with Gasteiger partial charge in [0.1, 0.15) is 5.00 Å². The summed E-state index contributed by atoms with van der Waals surface area (Å²) in [4.78, 5) is 13.8. The average molecular weight is 369 g/mol. The number of hydrogen-bond acceptors (Lipinski definition) is 4. The Bertz CT molecular complexity index is 570. The second-order valence-corrected chi connectivity index (χ2v) is 7.59. The Morgan fingerprint density at radius 2 is 1.96 bits per heavy atom. The number of anilines is 1. The van der Waals surface area contributed by atoms with Gasteiger partial charge in [-0.25, -0.2) is 4.79 Å². The van der Waals surface area contributed by atoms with Crippen LogP contribution in [0.4, 0.5) is 5.00 Å². The van der Waals surface area contributed by atoms with Crippen LogP contribution >= 0.6 is 23.6 Å². The van der Waals surface area contributed by atoms with Crippen molar-refractivity contribution in [2.75, 3.05) is 18.5 Å². The van der Waals surface area contributed by atoms with E-state index < -0.39 is 0 Å². The van der Waals surface area contributed by atoms with Gasteiger partial charge in [0.25, 0.3) is 0 Å². The smallest absolute Gasteiger partial charge is 0.341 e. The summed E-state index contributed by atoms with van der Waals surface area (Å²) in [6.45, 7) is 5.23. The van der Waals surface area contributed by atoms with Crippen LogP contribution in [-0.4, -0.2) is 24.2 Å². The molecule has 6 heteroatoms. The minimum absolute atomic E-state index is 0.227. The zero-order valence-electron chi connectivity index (χ0n) is 14.7. The zero-order valence-corrected chi connectivity index (χ0v) is 16.3. The number of ether oxygens (including phenoxy) is 1. The van der Waals surface area contributed by atoms with Crippen molar-refractivity contribution in [2.24, 2.45) is 0 Å². The van der Waals surface area contributed by atoms with E-state index in [4.69, 9.17) is 17.0 Å². The molecule has 4 nitrogen and oxygen atoms in total. The summed E-state index contributed by atoms with van der Waals surface area (Å²) >= 11 is 7.05. The van der Waals surface area contributed by atoms with Gasteiger partial charge >= 0.3 is 5.97 Å². The van der Waals surface area contributed by atoms with Gasteiger partial charge in [-0.05, 0) is 56.8 Å². The summed E-state index contributed by atoms with van der Waals surface area (Å²) in [6.07, 6.45) is 9.03. The standard InChI is InChI=1S/C18H28N2O2S2/c1-3-5-12-19-18(23)20-16-15(17(21)22-4-2)13-10-8-6-7-9-11-14(13)24-16/h3-12H2,1-2H3,(H2,19,20,23). The van der Waals surface area contributed by atoms with Crippen molar-refractivity contribution < 1.29 is 9.53 Å². The summed E-state index contributed by atoms with van der Waals surface area (Å²) in [7, 11) is 0. The maximum Gasteiger partial charge on any atom is 0.341 e. The molecule has 1 aromatic heterocycles. The fourth-order valence-electron chi connectivity index (χ4n) is 2.95. The van der Waals surface area contributed by atoms with Gasteiger partial charge in [-0.3, -0.25) is 0 Å². The molecule has 0 radical (unpaired) electrons. The largest absolute Gasteiger partial charge is 0.462 e. The lowest BCUT2D eigenvalue weighted by molar-refractivity contribution is 0.0526. The first-order valence-corrected chi connectivity index (χ1v) is 10.3.